The molecule has 0 aromatic heterocycles. The minimum Gasteiger partial charge on any atom is -0.462 e. The van der Waals surface area contributed by atoms with E-state index in [0.29, 0.717) is 18.7 Å². The van der Waals surface area contributed by atoms with E-state index in [2.05, 4.69) is 11.9 Å². The number of nitrogens with one attached hydrogen (secondary N) is 1. The Hall–Kier alpha value is -1.85. The average molecular weight is 354 g/mol. The van der Waals surface area contributed by atoms with Gasteiger partial charge in [-0.25, -0.2) is 4.79 Å². The zero-order chi connectivity index (χ0) is 19.1. The molecule has 0 aliphatic rings. The van der Waals surface area contributed by atoms with Crippen LogP contribution in [0.15, 0.2) is 12.2 Å². The van der Waals surface area contributed by atoms with E-state index in [1.165, 1.54) is 6.92 Å². The number of hydrogen-bond acceptors (Lipinski definition) is 4. The summed E-state index contributed by atoms with van der Waals surface area (Å²) < 4.78 is 5.04. The van der Waals surface area contributed by atoms with Crippen molar-refractivity contribution in [3.8, 4) is 0 Å². The van der Waals surface area contributed by atoms with Crippen LogP contribution in [0.3, 0.4) is 0 Å². The van der Waals surface area contributed by atoms with Crippen molar-refractivity contribution in [3.05, 3.63) is 12.2 Å². The average Bonchev–Trinajstić information content (AvgIpc) is 2.53. The first-order valence-corrected chi connectivity index (χ1v) is 9.17. The number of hydrogen-bond donors (Lipinski definition) is 1. The summed E-state index contributed by atoms with van der Waals surface area (Å²) in [4.78, 5) is 35.5. The summed E-state index contributed by atoms with van der Waals surface area (Å²) in [5, 5.41) is 2.77. The lowest BCUT2D eigenvalue weighted by Gasteiger charge is -2.21. The monoisotopic (exact) mass is 354 g/mol. The molecule has 0 spiro atoms. The molecule has 0 unspecified atom stereocenters. The molecule has 0 aromatic carbocycles. The van der Waals surface area contributed by atoms with Crippen molar-refractivity contribution >= 4 is 17.8 Å². The Balaban J connectivity index is 3.66. The van der Waals surface area contributed by atoms with E-state index in [1.807, 2.05) is 4.90 Å². The van der Waals surface area contributed by atoms with Crippen molar-refractivity contribution in [3.63, 3.8) is 0 Å². The highest BCUT2D eigenvalue weighted by Gasteiger charge is 2.08. The van der Waals surface area contributed by atoms with E-state index < -0.39 is 0 Å². The normalized spacial score (nSPS) is 10.2. The van der Waals surface area contributed by atoms with Crippen LogP contribution in [-0.4, -0.2) is 48.9 Å². The molecular weight excluding hydrogens is 320 g/mol. The molecule has 6 heteroatoms. The molecule has 144 valence electrons. The molecule has 0 aliphatic carbocycles. The van der Waals surface area contributed by atoms with Crippen LogP contribution < -0.4 is 5.32 Å². The van der Waals surface area contributed by atoms with Crippen LogP contribution in [0.2, 0.25) is 0 Å². The van der Waals surface area contributed by atoms with Gasteiger partial charge in [0.25, 0.3) is 0 Å². The molecule has 0 saturated carbocycles. The standard InChI is InChI=1S/C19H34N2O4/c1-16(2)19(24)25-15-11-6-5-9-13-21(18(4)23)14-10-7-8-12-20-17(3)22/h1,5-15H2,2-4H3,(H,20,22). The van der Waals surface area contributed by atoms with Gasteiger partial charge >= 0.3 is 5.97 Å². The maximum atomic E-state index is 11.7. The minimum atomic E-state index is -0.332. The van der Waals surface area contributed by atoms with Crippen LogP contribution in [0.5, 0.6) is 0 Å². The topological polar surface area (TPSA) is 75.7 Å². The first kappa shape index (κ1) is 23.1. The Morgan fingerprint density at radius 3 is 1.96 bits per heavy atom. The van der Waals surface area contributed by atoms with Crippen LogP contribution in [0.1, 0.15) is 65.7 Å². The lowest BCUT2D eigenvalue weighted by Crippen LogP contribution is -2.31. The largest absolute Gasteiger partial charge is 0.462 e. The molecule has 25 heavy (non-hydrogen) atoms. The molecule has 0 bridgehead atoms. The number of nitrogens with zero attached hydrogens (tertiary/aromatic N) is 1. The highest BCUT2D eigenvalue weighted by molar-refractivity contribution is 5.86. The van der Waals surface area contributed by atoms with Gasteiger partial charge in [0, 0.05) is 39.1 Å². The minimum absolute atomic E-state index is 0.000226. The van der Waals surface area contributed by atoms with Crippen LogP contribution >= 0.6 is 0 Å². The van der Waals surface area contributed by atoms with Crippen LogP contribution in [-0.2, 0) is 19.1 Å². The SMILES string of the molecule is C=C(C)C(=O)OCCCCCCN(CCCCCNC(C)=O)C(C)=O. The van der Waals surface area contributed by atoms with Crippen molar-refractivity contribution in [2.75, 3.05) is 26.2 Å². The number of amides is 2. The number of unbranched alkanes of at least 4 members (excludes halogenated alkanes) is 5. The third-order valence-corrected chi connectivity index (χ3v) is 3.83. The molecule has 6 nitrogen and oxygen atoms in total. The van der Waals surface area contributed by atoms with Gasteiger partial charge in [0.15, 0.2) is 0 Å². The van der Waals surface area contributed by atoms with Gasteiger partial charge in [0.1, 0.15) is 0 Å². The van der Waals surface area contributed by atoms with Gasteiger partial charge in [-0.15, -0.1) is 0 Å². The summed E-state index contributed by atoms with van der Waals surface area (Å²) in [5.41, 5.74) is 0.425. The smallest absolute Gasteiger partial charge is 0.333 e. The fourth-order valence-corrected chi connectivity index (χ4v) is 2.34. The number of esters is 1. The second kappa shape index (κ2) is 14.5. The molecule has 0 radical (unpaired) electrons. The molecule has 0 heterocycles. The van der Waals surface area contributed by atoms with Crippen molar-refractivity contribution in [2.24, 2.45) is 0 Å². The first-order valence-electron chi connectivity index (χ1n) is 9.17. The van der Waals surface area contributed by atoms with Gasteiger partial charge in [-0.2, -0.15) is 0 Å². The maximum Gasteiger partial charge on any atom is 0.333 e. The quantitative estimate of drug-likeness (QED) is 0.296. The maximum absolute atomic E-state index is 11.7. The zero-order valence-corrected chi connectivity index (χ0v) is 16.1. The fourth-order valence-electron chi connectivity index (χ4n) is 2.34. The van der Waals surface area contributed by atoms with E-state index in [1.54, 1.807) is 13.8 Å². The number of rotatable bonds is 14. The Kier molecular flexibility index (Phi) is 13.4. The van der Waals surface area contributed by atoms with Gasteiger partial charge in [0.2, 0.25) is 11.8 Å². The Labute approximate surface area is 152 Å². The van der Waals surface area contributed by atoms with Crippen molar-refractivity contribution in [1.29, 1.82) is 0 Å². The first-order chi connectivity index (χ1) is 11.8. The van der Waals surface area contributed by atoms with E-state index in [0.717, 1.165) is 58.0 Å². The summed E-state index contributed by atoms with van der Waals surface area (Å²) >= 11 is 0. The highest BCUT2D eigenvalue weighted by Crippen LogP contribution is 2.05. The third kappa shape index (κ3) is 14.2. The van der Waals surface area contributed by atoms with Gasteiger partial charge in [-0.1, -0.05) is 13.0 Å². The molecule has 0 rings (SSSR count). The van der Waals surface area contributed by atoms with E-state index in [9.17, 15) is 14.4 Å². The Morgan fingerprint density at radius 2 is 1.44 bits per heavy atom. The predicted octanol–water partition coefficient (Wildman–Crippen LogP) is 2.82. The summed E-state index contributed by atoms with van der Waals surface area (Å²) in [5.74, 6) is -0.224. The second-order valence-corrected chi connectivity index (χ2v) is 6.38. The molecule has 0 atom stereocenters. The van der Waals surface area contributed by atoms with Gasteiger partial charge in [0.05, 0.1) is 6.61 Å². The van der Waals surface area contributed by atoms with Crippen molar-refractivity contribution < 1.29 is 19.1 Å². The number of carbonyl (C=O) groups is 3. The van der Waals surface area contributed by atoms with Crippen LogP contribution in [0, 0.1) is 0 Å². The molecule has 2 amide bonds. The molecule has 1 N–H and O–H groups in total. The Morgan fingerprint density at radius 1 is 0.880 bits per heavy atom. The van der Waals surface area contributed by atoms with E-state index >= 15 is 0 Å². The van der Waals surface area contributed by atoms with Crippen molar-refractivity contribution in [1.82, 2.24) is 10.2 Å². The second-order valence-electron chi connectivity index (χ2n) is 6.38. The highest BCUT2D eigenvalue weighted by atomic mass is 16.5. The summed E-state index contributed by atoms with van der Waals surface area (Å²) in [7, 11) is 0. The third-order valence-electron chi connectivity index (χ3n) is 3.83. The summed E-state index contributed by atoms with van der Waals surface area (Å²) in [6.07, 6.45) is 6.67. The summed E-state index contributed by atoms with van der Waals surface area (Å²) in [6, 6.07) is 0. The summed E-state index contributed by atoms with van der Waals surface area (Å²) in [6.45, 7) is 11.0. The molecule has 0 aromatic rings. The van der Waals surface area contributed by atoms with Gasteiger partial charge in [-0.05, 0) is 45.4 Å². The van der Waals surface area contributed by atoms with Gasteiger partial charge in [-0.3, -0.25) is 9.59 Å². The van der Waals surface area contributed by atoms with Crippen LogP contribution in [0.4, 0.5) is 0 Å². The molecular formula is C19H34N2O4. The fraction of sp³-hybridized carbons (Fsp3) is 0.737. The van der Waals surface area contributed by atoms with E-state index in [4.69, 9.17) is 4.74 Å². The van der Waals surface area contributed by atoms with Crippen LogP contribution in [0.25, 0.3) is 0 Å². The lowest BCUT2D eigenvalue weighted by molar-refractivity contribution is -0.139. The van der Waals surface area contributed by atoms with E-state index in [-0.39, 0.29) is 17.8 Å². The zero-order valence-electron chi connectivity index (χ0n) is 16.1. The van der Waals surface area contributed by atoms with Crippen molar-refractivity contribution in [2.45, 2.75) is 65.7 Å². The number of ether oxygens (including phenoxy) is 1. The van der Waals surface area contributed by atoms with Gasteiger partial charge < -0.3 is 15.0 Å². The predicted molar refractivity (Wildman–Crippen MR) is 99.0 cm³/mol. The number of carbonyl (C=O) groups excluding carboxylic acids is 3. The molecule has 0 aliphatic heterocycles. The lowest BCUT2D eigenvalue weighted by atomic mass is 10.1. The Bertz CT molecular complexity index is 435. The molecule has 0 fully saturated rings. The molecule has 0 saturated heterocycles.